The standard InChI is InChI=1S/C12H24N2/c1-4-5-6-7-8-9-10-14(3)12(2)11-13/h12H,4-10H2,1-3H3. The van der Waals surface area contributed by atoms with Crippen LogP contribution in [-0.4, -0.2) is 24.5 Å². The summed E-state index contributed by atoms with van der Waals surface area (Å²) in [6, 6.07) is 2.31. The first kappa shape index (κ1) is 13.4. The fraction of sp³-hybridized carbons (Fsp3) is 0.917. The van der Waals surface area contributed by atoms with Gasteiger partial charge in [-0.15, -0.1) is 0 Å². The zero-order chi connectivity index (χ0) is 10.8. The number of nitriles is 1. The number of unbranched alkanes of at least 4 members (excludes halogenated alkanes) is 5. The van der Waals surface area contributed by atoms with Crippen LogP contribution in [0.1, 0.15) is 52.4 Å². The van der Waals surface area contributed by atoms with Crippen LogP contribution >= 0.6 is 0 Å². The maximum Gasteiger partial charge on any atom is 0.0946 e. The fourth-order valence-electron chi connectivity index (χ4n) is 1.43. The molecule has 0 rings (SSSR count). The lowest BCUT2D eigenvalue weighted by Gasteiger charge is -2.18. The van der Waals surface area contributed by atoms with Crippen LogP contribution in [0.15, 0.2) is 0 Å². The molecule has 1 atom stereocenters. The number of hydrogen-bond donors (Lipinski definition) is 0. The molecule has 0 spiro atoms. The molecule has 0 amide bonds. The van der Waals surface area contributed by atoms with Gasteiger partial charge in [-0.2, -0.15) is 5.26 Å². The molecule has 1 unspecified atom stereocenters. The molecule has 0 aliphatic carbocycles. The molecule has 0 aromatic carbocycles. The first-order valence-electron chi connectivity index (χ1n) is 5.82. The van der Waals surface area contributed by atoms with Crippen LogP contribution < -0.4 is 0 Å². The first-order valence-corrected chi connectivity index (χ1v) is 5.82. The summed E-state index contributed by atoms with van der Waals surface area (Å²) in [5.74, 6) is 0. The SMILES string of the molecule is CCCCCCCCN(C)C(C)C#N. The summed E-state index contributed by atoms with van der Waals surface area (Å²) >= 11 is 0. The minimum absolute atomic E-state index is 0.0608. The van der Waals surface area contributed by atoms with Crippen molar-refractivity contribution in [3.8, 4) is 6.07 Å². The van der Waals surface area contributed by atoms with Crippen LogP contribution in [0.4, 0.5) is 0 Å². The highest BCUT2D eigenvalue weighted by atomic mass is 15.1. The average molecular weight is 196 g/mol. The molecule has 0 saturated heterocycles. The quantitative estimate of drug-likeness (QED) is 0.557. The largest absolute Gasteiger partial charge is 0.291 e. The Kier molecular flexibility index (Phi) is 8.67. The summed E-state index contributed by atoms with van der Waals surface area (Å²) in [5.41, 5.74) is 0. The van der Waals surface area contributed by atoms with E-state index in [-0.39, 0.29) is 6.04 Å². The van der Waals surface area contributed by atoms with Gasteiger partial charge in [-0.25, -0.2) is 0 Å². The van der Waals surface area contributed by atoms with Crippen molar-refractivity contribution in [2.45, 2.75) is 58.4 Å². The molecule has 0 radical (unpaired) electrons. The molecule has 0 aliphatic rings. The summed E-state index contributed by atoms with van der Waals surface area (Å²) in [5, 5.41) is 8.69. The van der Waals surface area contributed by atoms with Crippen LogP contribution in [0.5, 0.6) is 0 Å². The molecule has 2 nitrogen and oxygen atoms in total. The van der Waals surface area contributed by atoms with E-state index in [9.17, 15) is 0 Å². The van der Waals surface area contributed by atoms with Gasteiger partial charge in [0.25, 0.3) is 0 Å². The monoisotopic (exact) mass is 196 g/mol. The van der Waals surface area contributed by atoms with E-state index < -0.39 is 0 Å². The summed E-state index contributed by atoms with van der Waals surface area (Å²) in [4.78, 5) is 2.12. The van der Waals surface area contributed by atoms with Crippen LogP contribution in [0.2, 0.25) is 0 Å². The van der Waals surface area contributed by atoms with E-state index in [1.54, 1.807) is 0 Å². The van der Waals surface area contributed by atoms with Crippen molar-refractivity contribution >= 4 is 0 Å². The van der Waals surface area contributed by atoms with Crippen molar-refractivity contribution in [1.82, 2.24) is 4.90 Å². The number of nitrogens with zero attached hydrogens (tertiary/aromatic N) is 2. The zero-order valence-electron chi connectivity index (χ0n) is 9.92. The third-order valence-electron chi connectivity index (χ3n) is 2.71. The van der Waals surface area contributed by atoms with Crippen molar-refractivity contribution in [3.05, 3.63) is 0 Å². The highest BCUT2D eigenvalue weighted by Crippen LogP contribution is 2.06. The topological polar surface area (TPSA) is 27.0 Å². The second kappa shape index (κ2) is 9.02. The lowest BCUT2D eigenvalue weighted by molar-refractivity contribution is 0.294. The van der Waals surface area contributed by atoms with Crippen molar-refractivity contribution in [2.24, 2.45) is 0 Å². The van der Waals surface area contributed by atoms with Gasteiger partial charge in [0.15, 0.2) is 0 Å². The molecular weight excluding hydrogens is 172 g/mol. The van der Waals surface area contributed by atoms with E-state index in [1.807, 2.05) is 14.0 Å². The Hall–Kier alpha value is -0.550. The van der Waals surface area contributed by atoms with E-state index in [2.05, 4.69) is 17.9 Å². The number of hydrogen-bond acceptors (Lipinski definition) is 2. The molecule has 0 aromatic heterocycles. The average Bonchev–Trinajstić information content (AvgIpc) is 2.21. The highest BCUT2D eigenvalue weighted by Gasteiger charge is 2.05. The predicted molar refractivity (Wildman–Crippen MR) is 61.1 cm³/mol. The Bertz CT molecular complexity index is 160. The van der Waals surface area contributed by atoms with Gasteiger partial charge in [-0.05, 0) is 26.9 Å². The predicted octanol–water partition coefficient (Wildman–Crippen LogP) is 3.19. The molecule has 14 heavy (non-hydrogen) atoms. The molecule has 0 saturated carbocycles. The van der Waals surface area contributed by atoms with Crippen molar-refractivity contribution in [1.29, 1.82) is 5.26 Å². The molecule has 82 valence electrons. The van der Waals surface area contributed by atoms with Gasteiger partial charge in [0.05, 0.1) is 12.1 Å². The van der Waals surface area contributed by atoms with Crippen LogP contribution in [0, 0.1) is 11.3 Å². The molecule has 0 fully saturated rings. The Balaban J connectivity index is 3.24. The van der Waals surface area contributed by atoms with Crippen LogP contribution in [0.25, 0.3) is 0 Å². The fourth-order valence-corrected chi connectivity index (χ4v) is 1.43. The van der Waals surface area contributed by atoms with E-state index in [1.165, 1.54) is 38.5 Å². The molecule has 0 aliphatic heterocycles. The van der Waals surface area contributed by atoms with Crippen molar-refractivity contribution in [2.75, 3.05) is 13.6 Å². The minimum atomic E-state index is 0.0608. The minimum Gasteiger partial charge on any atom is -0.291 e. The van der Waals surface area contributed by atoms with E-state index >= 15 is 0 Å². The third kappa shape index (κ3) is 6.91. The van der Waals surface area contributed by atoms with Gasteiger partial charge in [0.1, 0.15) is 0 Å². The maximum absolute atomic E-state index is 8.69. The first-order chi connectivity index (χ1) is 6.72. The normalized spacial score (nSPS) is 12.8. The van der Waals surface area contributed by atoms with Gasteiger partial charge in [-0.1, -0.05) is 39.0 Å². The third-order valence-corrected chi connectivity index (χ3v) is 2.71. The highest BCUT2D eigenvalue weighted by molar-refractivity contribution is 4.86. The summed E-state index contributed by atoms with van der Waals surface area (Å²) in [7, 11) is 2.03. The van der Waals surface area contributed by atoms with Gasteiger partial charge in [0, 0.05) is 0 Å². The Morgan fingerprint density at radius 2 is 1.71 bits per heavy atom. The van der Waals surface area contributed by atoms with E-state index in [4.69, 9.17) is 5.26 Å². The lowest BCUT2D eigenvalue weighted by atomic mass is 10.1. The lowest BCUT2D eigenvalue weighted by Crippen LogP contribution is -2.28. The second-order valence-corrected chi connectivity index (χ2v) is 4.05. The second-order valence-electron chi connectivity index (χ2n) is 4.05. The summed E-state index contributed by atoms with van der Waals surface area (Å²) < 4.78 is 0. The molecule has 0 N–H and O–H groups in total. The smallest absolute Gasteiger partial charge is 0.0946 e. The Morgan fingerprint density at radius 3 is 2.29 bits per heavy atom. The summed E-state index contributed by atoms with van der Waals surface area (Å²) in [6.07, 6.45) is 7.93. The van der Waals surface area contributed by atoms with Gasteiger partial charge in [0.2, 0.25) is 0 Å². The van der Waals surface area contributed by atoms with Gasteiger partial charge in [-0.3, -0.25) is 4.90 Å². The molecule has 0 heterocycles. The number of rotatable bonds is 8. The van der Waals surface area contributed by atoms with Gasteiger partial charge < -0.3 is 0 Å². The molecule has 0 aromatic rings. The zero-order valence-corrected chi connectivity index (χ0v) is 9.92. The molecule has 2 heteroatoms. The van der Waals surface area contributed by atoms with E-state index in [0.717, 1.165) is 6.54 Å². The Labute approximate surface area is 88.9 Å². The molecule has 0 bridgehead atoms. The Morgan fingerprint density at radius 1 is 1.14 bits per heavy atom. The summed E-state index contributed by atoms with van der Waals surface area (Å²) in [6.45, 7) is 5.25. The van der Waals surface area contributed by atoms with Crippen LogP contribution in [-0.2, 0) is 0 Å². The van der Waals surface area contributed by atoms with E-state index in [0.29, 0.717) is 0 Å². The van der Waals surface area contributed by atoms with Gasteiger partial charge >= 0.3 is 0 Å². The molecular formula is C12H24N2. The maximum atomic E-state index is 8.69. The van der Waals surface area contributed by atoms with Crippen molar-refractivity contribution < 1.29 is 0 Å². The van der Waals surface area contributed by atoms with Crippen molar-refractivity contribution in [3.63, 3.8) is 0 Å². The van der Waals surface area contributed by atoms with Crippen LogP contribution in [0.3, 0.4) is 0 Å².